The highest BCUT2D eigenvalue weighted by Crippen LogP contribution is 2.37. The van der Waals surface area contributed by atoms with Gasteiger partial charge in [0.2, 0.25) is 0 Å². The molecule has 3 atom stereocenters. The predicted octanol–water partition coefficient (Wildman–Crippen LogP) is 2.06. The largest absolute Gasteiger partial charge is 0.387 e. The summed E-state index contributed by atoms with van der Waals surface area (Å²) in [5, 5.41) is 19.7. The number of nitrogens with zero attached hydrogens (tertiary/aromatic N) is 4. The highest BCUT2D eigenvalue weighted by molar-refractivity contribution is 5.36. The maximum Gasteiger partial charge on any atom is 0.137 e. The van der Waals surface area contributed by atoms with E-state index in [0.29, 0.717) is 5.92 Å². The van der Waals surface area contributed by atoms with Gasteiger partial charge in [-0.1, -0.05) is 24.3 Å². The van der Waals surface area contributed by atoms with Gasteiger partial charge in [0.1, 0.15) is 11.6 Å². The van der Waals surface area contributed by atoms with Gasteiger partial charge in [-0.15, -0.1) is 10.2 Å². The van der Waals surface area contributed by atoms with E-state index in [1.807, 2.05) is 6.07 Å². The summed E-state index contributed by atoms with van der Waals surface area (Å²) in [6.45, 7) is 3.15. The molecular formula is C19H24N4O. The average Bonchev–Trinajstić information content (AvgIpc) is 3.30. The first-order valence-electron chi connectivity index (χ1n) is 9.23. The first-order valence-corrected chi connectivity index (χ1v) is 9.23. The molecule has 0 bridgehead atoms. The molecular weight excluding hydrogens is 300 g/mol. The molecule has 3 aliphatic rings. The van der Waals surface area contributed by atoms with E-state index in [-0.39, 0.29) is 12.1 Å². The summed E-state index contributed by atoms with van der Waals surface area (Å²) in [5.74, 6) is 2.79. The fraction of sp³-hybridized carbons (Fsp3) is 0.579. The van der Waals surface area contributed by atoms with Crippen LogP contribution in [0.3, 0.4) is 0 Å². The van der Waals surface area contributed by atoms with Gasteiger partial charge in [-0.2, -0.15) is 0 Å². The monoisotopic (exact) mass is 324 g/mol. The Balaban J connectivity index is 1.37. The molecule has 0 radical (unpaired) electrons. The standard InChI is InChI=1S/C19H24N4O/c24-18-15-7-2-1-5-13(15)11-16(18)22-9-3-6-14(12-22)19-21-20-17-8-4-10-23(17)19/h1-2,5,7,14,16,18,24H,3-4,6,8-12H2. The fourth-order valence-electron chi connectivity index (χ4n) is 4.88. The van der Waals surface area contributed by atoms with Crippen molar-refractivity contribution in [2.45, 2.75) is 56.7 Å². The molecule has 126 valence electrons. The summed E-state index contributed by atoms with van der Waals surface area (Å²) in [4.78, 5) is 2.50. The van der Waals surface area contributed by atoms with E-state index in [9.17, 15) is 5.11 Å². The molecule has 5 rings (SSSR count). The van der Waals surface area contributed by atoms with Crippen molar-refractivity contribution in [3.8, 4) is 0 Å². The number of aryl methyl sites for hydroxylation is 1. The predicted molar refractivity (Wildman–Crippen MR) is 90.8 cm³/mol. The number of likely N-dealkylation sites (tertiary alicyclic amines) is 1. The summed E-state index contributed by atoms with van der Waals surface area (Å²) >= 11 is 0. The van der Waals surface area contributed by atoms with Crippen LogP contribution in [0.2, 0.25) is 0 Å². The minimum absolute atomic E-state index is 0.214. The zero-order valence-electron chi connectivity index (χ0n) is 13.9. The molecule has 3 unspecified atom stereocenters. The number of aliphatic hydroxyl groups is 1. The lowest BCUT2D eigenvalue weighted by atomic mass is 9.94. The molecule has 1 fully saturated rings. The normalized spacial score (nSPS) is 29.6. The van der Waals surface area contributed by atoms with Crippen LogP contribution in [-0.4, -0.2) is 43.9 Å². The number of aromatic nitrogens is 3. The van der Waals surface area contributed by atoms with E-state index < -0.39 is 0 Å². The third kappa shape index (κ3) is 2.22. The molecule has 1 aromatic carbocycles. The first kappa shape index (κ1) is 14.6. The van der Waals surface area contributed by atoms with Crippen LogP contribution < -0.4 is 0 Å². The van der Waals surface area contributed by atoms with Crippen molar-refractivity contribution < 1.29 is 5.11 Å². The van der Waals surface area contributed by atoms with Gasteiger partial charge in [0.15, 0.2) is 0 Å². The number of hydrogen-bond acceptors (Lipinski definition) is 4. The van der Waals surface area contributed by atoms with Crippen LogP contribution >= 0.6 is 0 Å². The van der Waals surface area contributed by atoms with Crippen LogP contribution in [0.4, 0.5) is 0 Å². The number of fused-ring (bicyclic) bond motifs is 2. The zero-order valence-corrected chi connectivity index (χ0v) is 13.9. The lowest BCUT2D eigenvalue weighted by Gasteiger charge is -2.37. The van der Waals surface area contributed by atoms with Crippen molar-refractivity contribution >= 4 is 0 Å². The van der Waals surface area contributed by atoms with Gasteiger partial charge in [-0.25, -0.2) is 0 Å². The Labute approximate surface area is 142 Å². The average molecular weight is 324 g/mol. The molecule has 0 saturated carbocycles. The molecule has 0 spiro atoms. The molecule has 5 heteroatoms. The highest BCUT2D eigenvalue weighted by atomic mass is 16.3. The first-order chi connectivity index (χ1) is 11.8. The van der Waals surface area contributed by atoms with Crippen molar-refractivity contribution in [1.82, 2.24) is 19.7 Å². The Morgan fingerprint density at radius 3 is 2.92 bits per heavy atom. The molecule has 1 aromatic heterocycles. The Hall–Kier alpha value is -1.72. The SMILES string of the molecule is OC1c2ccccc2CC1N1CCCC(c2nnc3n2CCC3)C1. The summed E-state index contributed by atoms with van der Waals surface area (Å²) < 4.78 is 2.34. The van der Waals surface area contributed by atoms with Crippen LogP contribution in [0, 0.1) is 0 Å². The molecule has 1 aliphatic carbocycles. The third-order valence-corrected chi connectivity index (χ3v) is 6.09. The third-order valence-electron chi connectivity index (χ3n) is 6.09. The van der Waals surface area contributed by atoms with Gasteiger partial charge < -0.3 is 9.67 Å². The van der Waals surface area contributed by atoms with E-state index in [0.717, 1.165) is 43.9 Å². The molecule has 5 nitrogen and oxygen atoms in total. The highest BCUT2D eigenvalue weighted by Gasteiger charge is 2.38. The van der Waals surface area contributed by atoms with E-state index in [1.54, 1.807) is 0 Å². The lowest BCUT2D eigenvalue weighted by molar-refractivity contribution is 0.0428. The van der Waals surface area contributed by atoms with Gasteiger partial charge >= 0.3 is 0 Å². The number of aliphatic hydroxyl groups excluding tert-OH is 1. The summed E-state index contributed by atoms with van der Waals surface area (Å²) in [5.41, 5.74) is 2.42. The van der Waals surface area contributed by atoms with Crippen molar-refractivity contribution in [3.63, 3.8) is 0 Å². The smallest absolute Gasteiger partial charge is 0.137 e. The zero-order chi connectivity index (χ0) is 16.1. The molecule has 1 saturated heterocycles. The second kappa shape index (κ2) is 5.67. The fourth-order valence-corrected chi connectivity index (χ4v) is 4.88. The summed E-state index contributed by atoms with van der Waals surface area (Å²) in [7, 11) is 0. The van der Waals surface area contributed by atoms with Gasteiger partial charge in [0.25, 0.3) is 0 Å². The van der Waals surface area contributed by atoms with Crippen LogP contribution in [0.5, 0.6) is 0 Å². The minimum Gasteiger partial charge on any atom is -0.387 e. The Bertz CT molecular complexity index is 756. The van der Waals surface area contributed by atoms with Gasteiger partial charge in [-0.05, 0) is 43.4 Å². The van der Waals surface area contributed by atoms with Gasteiger partial charge in [0.05, 0.1) is 6.10 Å². The van der Waals surface area contributed by atoms with E-state index in [4.69, 9.17) is 0 Å². The van der Waals surface area contributed by atoms with E-state index >= 15 is 0 Å². The molecule has 0 amide bonds. The van der Waals surface area contributed by atoms with Crippen LogP contribution in [0.15, 0.2) is 24.3 Å². The number of benzene rings is 1. The maximum atomic E-state index is 10.8. The number of rotatable bonds is 2. The van der Waals surface area contributed by atoms with E-state index in [1.165, 1.54) is 30.7 Å². The molecule has 1 N–H and O–H groups in total. The molecule has 2 aromatic rings. The lowest BCUT2D eigenvalue weighted by Crippen LogP contribution is -2.44. The topological polar surface area (TPSA) is 54.2 Å². The van der Waals surface area contributed by atoms with Crippen LogP contribution in [0.25, 0.3) is 0 Å². The Morgan fingerprint density at radius 2 is 2.00 bits per heavy atom. The van der Waals surface area contributed by atoms with Crippen molar-refractivity contribution in [1.29, 1.82) is 0 Å². The second-order valence-electron chi connectivity index (χ2n) is 7.48. The summed E-state index contributed by atoms with van der Waals surface area (Å²) in [6.07, 6.45) is 5.23. The van der Waals surface area contributed by atoms with Crippen molar-refractivity contribution in [2.75, 3.05) is 13.1 Å². The molecule has 24 heavy (non-hydrogen) atoms. The van der Waals surface area contributed by atoms with Crippen molar-refractivity contribution in [3.05, 3.63) is 47.0 Å². The minimum atomic E-state index is -0.357. The van der Waals surface area contributed by atoms with Gasteiger partial charge in [-0.3, -0.25) is 4.90 Å². The van der Waals surface area contributed by atoms with E-state index in [2.05, 4.69) is 37.9 Å². The van der Waals surface area contributed by atoms with Crippen LogP contribution in [-0.2, 0) is 19.4 Å². The van der Waals surface area contributed by atoms with Crippen molar-refractivity contribution in [2.24, 2.45) is 0 Å². The Kier molecular flexibility index (Phi) is 3.45. The molecule has 3 heterocycles. The Morgan fingerprint density at radius 1 is 1.08 bits per heavy atom. The second-order valence-corrected chi connectivity index (χ2v) is 7.48. The summed E-state index contributed by atoms with van der Waals surface area (Å²) in [6, 6.07) is 8.55. The van der Waals surface area contributed by atoms with Gasteiger partial charge in [0, 0.05) is 31.5 Å². The number of hydrogen-bond donors (Lipinski definition) is 1. The maximum absolute atomic E-state index is 10.8. The molecule has 2 aliphatic heterocycles. The van der Waals surface area contributed by atoms with Crippen LogP contribution in [0.1, 0.15) is 54.1 Å². The number of piperidine rings is 1. The quantitative estimate of drug-likeness (QED) is 0.919.